The molecule has 3 saturated heterocycles. The number of aromatic nitrogens is 4. The second kappa shape index (κ2) is 22.1. The molecule has 1 spiro atoms. The fraction of sp³-hybridized carbons (Fsp3) is 0.554. The molecule has 5 atom stereocenters. The highest BCUT2D eigenvalue weighted by Gasteiger charge is 2.51. The Bertz CT molecular complexity index is 3020. The van der Waals surface area contributed by atoms with Crippen LogP contribution in [0.2, 0.25) is 0 Å². The first-order chi connectivity index (χ1) is 37.3. The summed E-state index contributed by atoms with van der Waals surface area (Å²) in [5.41, 5.74) is 3.37. The van der Waals surface area contributed by atoms with Crippen molar-refractivity contribution in [2.45, 2.75) is 108 Å². The lowest BCUT2D eigenvalue weighted by Crippen LogP contribution is -2.60. The molecule has 416 valence electrons. The van der Waals surface area contributed by atoms with Crippen LogP contribution in [0.3, 0.4) is 0 Å². The number of benzene rings is 2. The van der Waals surface area contributed by atoms with Crippen LogP contribution in [0.5, 0.6) is 11.5 Å². The van der Waals surface area contributed by atoms with Crippen LogP contribution in [-0.2, 0) is 24.4 Å². The van der Waals surface area contributed by atoms with Crippen LogP contribution in [0.1, 0.15) is 89.3 Å². The van der Waals surface area contributed by atoms with Crippen molar-refractivity contribution in [3.63, 3.8) is 0 Å². The van der Waals surface area contributed by atoms with Gasteiger partial charge in [0.15, 0.2) is 5.82 Å². The van der Waals surface area contributed by atoms with Crippen molar-refractivity contribution in [1.82, 2.24) is 45.3 Å². The molecule has 2 aromatic carbocycles. The summed E-state index contributed by atoms with van der Waals surface area (Å²) in [7, 11) is -3.54. The van der Waals surface area contributed by atoms with Crippen molar-refractivity contribution in [2.75, 3.05) is 91.7 Å². The number of carbonyl (C=O) groups is 3. The van der Waals surface area contributed by atoms with Crippen molar-refractivity contribution in [3.8, 4) is 35.1 Å². The fourth-order valence-corrected chi connectivity index (χ4v) is 13.3. The third-order valence-electron chi connectivity index (χ3n) is 17.4. The molecule has 5 fully saturated rings. The zero-order chi connectivity index (χ0) is 55.1. The van der Waals surface area contributed by atoms with Crippen molar-refractivity contribution in [2.24, 2.45) is 16.7 Å². The van der Waals surface area contributed by atoms with Gasteiger partial charge in [-0.25, -0.2) is 23.1 Å². The quantitative estimate of drug-likeness (QED) is 0.0844. The molecule has 22 heteroatoms. The molecule has 6 heterocycles. The van der Waals surface area contributed by atoms with E-state index in [1.165, 1.54) is 11.0 Å². The van der Waals surface area contributed by atoms with E-state index in [1.54, 1.807) is 45.0 Å². The number of carbonyl (C=O) groups excluding carboxylic acids is 3. The summed E-state index contributed by atoms with van der Waals surface area (Å²) in [5.74, 6) is 2.38. The lowest BCUT2D eigenvalue weighted by atomic mass is 9.56. The molecule has 4 aromatic rings. The van der Waals surface area contributed by atoms with Crippen LogP contribution < -0.4 is 35.4 Å². The zero-order valence-electron chi connectivity index (χ0n) is 44.9. The van der Waals surface area contributed by atoms with Gasteiger partial charge in [-0.3, -0.25) is 19.3 Å². The van der Waals surface area contributed by atoms with Crippen molar-refractivity contribution >= 4 is 50.9 Å². The Morgan fingerprint density at radius 2 is 1.62 bits per heavy atom. The first kappa shape index (κ1) is 54.6. The molecular formula is C56H73N13O8S. The van der Waals surface area contributed by atoms with Gasteiger partial charge >= 0.3 is 0 Å². The second-order valence-electron chi connectivity index (χ2n) is 23.1. The number of piperazine rings is 2. The summed E-state index contributed by atoms with van der Waals surface area (Å²) in [4.78, 5) is 63.5. The van der Waals surface area contributed by atoms with Crippen LogP contribution in [0.25, 0.3) is 11.3 Å². The number of terminal acetylenes is 1. The maximum atomic E-state index is 14.7. The predicted octanol–water partition coefficient (Wildman–Crippen LogP) is 3.20. The van der Waals surface area contributed by atoms with E-state index in [0.29, 0.717) is 47.2 Å². The van der Waals surface area contributed by atoms with Gasteiger partial charge < -0.3 is 50.9 Å². The molecule has 2 aromatic heterocycles. The predicted molar refractivity (Wildman–Crippen MR) is 296 cm³/mol. The molecule has 21 nitrogen and oxygen atoms in total. The van der Waals surface area contributed by atoms with Gasteiger partial charge in [-0.05, 0) is 93.0 Å². The molecule has 2 saturated carbocycles. The molecule has 6 aliphatic rings. The van der Waals surface area contributed by atoms with E-state index in [4.69, 9.17) is 16.4 Å². The molecule has 7 N–H and O–H groups in total. The Balaban J connectivity index is 0.702. The number of amides is 3. The lowest BCUT2D eigenvalue weighted by molar-refractivity contribution is -0.145. The summed E-state index contributed by atoms with van der Waals surface area (Å²) in [5, 5.41) is 50.2. The first-order valence-corrected chi connectivity index (χ1v) is 29.2. The maximum absolute atomic E-state index is 14.7. The van der Waals surface area contributed by atoms with Crippen LogP contribution in [0.4, 0.5) is 23.1 Å². The summed E-state index contributed by atoms with van der Waals surface area (Å²) in [6.07, 6.45) is 14.9. The van der Waals surface area contributed by atoms with Gasteiger partial charge in [0.05, 0.1) is 53.9 Å². The van der Waals surface area contributed by atoms with Gasteiger partial charge in [-0.15, -0.1) is 16.6 Å². The largest absolute Gasteiger partial charge is 0.508 e. The number of para-hydroxylation sites is 1. The van der Waals surface area contributed by atoms with E-state index in [9.17, 15) is 38.1 Å². The van der Waals surface area contributed by atoms with E-state index in [-0.39, 0.29) is 60.7 Å². The second-order valence-corrected chi connectivity index (χ2v) is 25.0. The molecular weight excluding hydrogens is 1010 g/mol. The number of fused-ring (bicyclic) bond motifs is 3. The highest BCUT2D eigenvalue weighted by molar-refractivity contribution is 7.88. The van der Waals surface area contributed by atoms with Crippen molar-refractivity contribution in [3.05, 3.63) is 72.1 Å². The van der Waals surface area contributed by atoms with E-state index < -0.39 is 51.5 Å². The Morgan fingerprint density at radius 3 is 2.31 bits per heavy atom. The highest BCUT2D eigenvalue weighted by atomic mass is 32.2. The fourth-order valence-electron chi connectivity index (χ4n) is 12.8. The number of hydrogen-bond acceptors (Lipinski definition) is 17. The molecule has 4 aliphatic heterocycles. The number of rotatable bonds is 15. The van der Waals surface area contributed by atoms with Crippen molar-refractivity contribution < 1.29 is 38.1 Å². The molecule has 0 bridgehead atoms. The van der Waals surface area contributed by atoms with Gasteiger partial charge in [0.1, 0.15) is 23.6 Å². The van der Waals surface area contributed by atoms with E-state index in [2.05, 4.69) is 56.4 Å². The third-order valence-corrected chi connectivity index (χ3v) is 18.2. The Kier molecular flexibility index (Phi) is 15.5. The van der Waals surface area contributed by atoms with Gasteiger partial charge in [-0.2, -0.15) is 0 Å². The molecule has 78 heavy (non-hydrogen) atoms. The number of aliphatic hydroxyl groups is 1. The minimum Gasteiger partial charge on any atom is -0.508 e. The third kappa shape index (κ3) is 11.7. The Labute approximate surface area is 456 Å². The molecule has 3 amide bonds. The van der Waals surface area contributed by atoms with Gasteiger partial charge in [0.2, 0.25) is 33.7 Å². The number of anilines is 4. The average Bonchev–Trinajstić information content (AvgIpc) is 3.95. The van der Waals surface area contributed by atoms with E-state index in [0.717, 1.165) is 101 Å². The number of hydrogen-bond donors (Lipinski definition) is 7. The summed E-state index contributed by atoms with van der Waals surface area (Å²) < 4.78 is 26.6. The minimum atomic E-state index is -3.54. The monoisotopic (exact) mass is 1090 g/mol. The molecule has 10 rings (SSSR count). The standard InChI is InChI=1S/C56H73N13O8S/c1-6-36-11-12-42(48(72)25-36)35(2)61-52(74)46-26-41(70)34-69(46)53(75)49(55(3,4)17-18-60-78(5,76)77)62-51(73)37-13-15-56(16-14-37)28-38(29-56)65-19-21-66(22-20-65)39-30-58-54(59-31-39)67-23-24-68-40(33-67)32-57-50-45(68)27-44(63-64-50)43-9-7-8-10-47(43)71/h1,7-12,25,27,30-31,35,37-38,40-41,46,49,60,70-72H,13-24,26,28-29,32-34H2,2-5H3,(H,57,64)(H,61,74)(H,62,73)/t35-,37?,38?,40-,41+,46-,49+,56?/m0/s1. The van der Waals surface area contributed by atoms with Gasteiger partial charge in [0, 0.05) is 101 Å². The number of nitrogens with one attached hydrogen (secondary N) is 4. The van der Waals surface area contributed by atoms with Gasteiger partial charge in [0.25, 0.3) is 0 Å². The number of phenolic OH excluding ortho intramolecular Hbond substituents is 2. The normalized spacial score (nSPS) is 25.2. The lowest BCUT2D eigenvalue weighted by Gasteiger charge is -2.56. The number of sulfonamides is 1. The van der Waals surface area contributed by atoms with Gasteiger partial charge in [-0.1, -0.05) is 38.0 Å². The van der Waals surface area contributed by atoms with E-state index >= 15 is 0 Å². The number of likely N-dealkylation sites (tertiary alicyclic amines) is 1. The maximum Gasteiger partial charge on any atom is 0.246 e. The molecule has 2 aliphatic carbocycles. The van der Waals surface area contributed by atoms with E-state index in [1.807, 2.05) is 30.6 Å². The average molecular weight is 1090 g/mol. The van der Waals surface area contributed by atoms with Crippen LogP contribution >= 0.6 is 0 Å². The topological polar surface area (TPSA) is 262 Å². The van der Waals surface area contributed by atoms with Crippen molar-refractivity contribution in [1.29, 1.82) is 0 Å². The van der Waals surface area contributed by atoms with Crippen LogP contribution in [0.15, 0.2) is 60.9 Å². The Morgan fingerprint density at radius 1 is 0.897 bits per heavy atom. The molecule has 0 radical (unpaired) electrons. The highest BCUT2D eigenvalue weighted by Crippen LogP contribution is 2.54. The number of aromatic hydroxyl groups is 2. The summed E-state index contributed by atoms with van der Waals surface area (Å²) in [6, 6.07) is 11.7. The number of β-amino-alcohol motifs (C(OH)–C–C–N with tert-alkyl or cyclic N) is 1. The first-order valence-electron chi connectivity index (χ1n) is 27.3. The smallest absolute Gasteiger partial charge is 0.246 e. The number of nitrogens with zero attached hydrogens (tertiary/aromatic N) is 9. The SMILES string of the molecule is C#Cc1ccc([C@H](C)NC(=O)[C@@H]2C[C@@H](O)CN2C(=O)[C@@H](NC(=O)C2CCC3(CC2)CC(N2CCN(c4cnc(N5CCN6c7cc(-c8ccccc8O)nnc7NC[C@H]6C5)nc4)CC2)C3)C(C)(C)CCNS(C)(=O)=O)c(O)c1. The summed E-state index contributed by atoms with van der Waals surface area (Å²) in [6.45, 7) is 11.8. The Hall–Kier alpha value is -6.80. The zero-order valence-corrected chi connectivity index (χ0v) is 45.8. The molecule has 0 unspecified atom stereocenters. The number of aliphatic hydroxyl groups excluding tert-OH is 1. The minimum absolute atomic E-state index is 0.0220. The summed E-state index contributed by atoms with van der Waals surface area (Å²) >= 11 is 0. The van der Waals surface area contributed by atoms with Crippen LogP contribution in [-0.4, -0.2) is 173 Å². The van der Waals surface area contributed by atoms with Crippen LogP contribution in [0, 0.1) is 29.1 Å². The number of phenols is 2.